The second-order valence-electron chi connectivity index (χ2n) is 12.5. The van der Waals surface area contributed by atoms with Gasteiger partial charge in [0, 0.05) is 11.5 Å². The molecular formula is C40H58O2. The van der Waals surface area contributed by atoms with Crippen molar-refractivity contribution in [2.24, 2.45) is 5.92 Å². The number of aryl methyl sites for hydroxylation is 2. The Morgan fingerprint density at radius 1 is 0.595 bits per heavy atom. The van der Waals surface area contributed by atoms with Gasteiger partial charge < -0.3 is 4.74 Å². The predicted octanol–water partition coefficient (Wildman–Crippen LogP) is 12.1. The van der Waals surface area contributed by atoms with Gasteiger partial charge in [-0.3, -0.25) is 4.79 Å². The highest BCUT2D eigenvalue weighted by atomic mass is 16.5. The standard InChI is InChI=1S/C40H58O2/c1-4-6-8-10-11-12-13-14-15-16-18-30-42-39-29-28-37-31-35(24-27-38(37)32-39)21-20-34-22-25-36(26-23-34)40(41)33(3)19-17-9-7-5-2/h22-29,31-33H,4-21,30H2,1-3H3/t33-/m1/s1. The molecule has 0 bridgehead atoms. The van der Waals surface area contributed by atoms with Crippen LogP contribution in [0.2, 0.25) is 0 Å². The van der Waals surface area contributed by atoms with Crippen LogP contribution >= 0.6 is 0 Å². The first kappa shape index (κ1) is 33.9. The molecule has 0 fully saturated rings. The van der Waals surface area contributed by atoms with E-state index in [4.69, 9.17) is 4.74 Å². The SMILES string of the molecule is CCCCCCCCCCCCCOc1ccc2cc(CCc3ccc(C(=O)[C@H](C)CCCCCC)cc3)ccc2c1. The second kappa shape index (κ2) is 20.3. The fourth-order valence-electron chi connectivity index (χ4n) is 5.89. The smallest absolute Gasteiger partial charge is 0.165 e. The van der Waals surface area contributed by atoms with Gasteiger partial charge in [-0.15, -0.1) is 0 Å². The lowest BCUT2D eigenvalue weighted by Crippen LogP contribution is -2.11. The Balaban J connectivity index is 1.34. The molecule has 3 rings (SSSR count). The molecule has 42 heavy (non-hydrogen) atoms. The maximum atomic E-state index is 12.8. The van der Waals surface area contributed by atoms with E-state index in [9.17, 15) is 4.79 Å². The molecule has 0 aliphatic rings. The summed E-state index contributed by atoms with van der Waals surface area (Å²) in [5, 5.41) is 2.50. The van der Waals surface area contributed by atoms with Crippen molar-refractivity contribution in [3.63, 3.8) is 0 Å². The van der Waals surface area contributed by atoms with Crippen molar-refractivity contribution in [2.75, 3.05) is 6.61 Å². The van der Waals surface area contributed by atoms with Crippen LogP contribution in [-0.2, 0) is 12.8 Å². The molecule has 0 saturated carbocycles. The van der Waals surface area contributed by atoms with Gasteiger partial charge in [0.25, 0.3) is 0 Å². The highest BCUT2D eigenvalue weighted by Gasteiger charge is 2.14. The first-order valence-corrected chi connectivity index (χ1v) is 17.4. The van der Waals surface area contributed by atoms with Gasteiger partial charge in [0.05, 0.1) is 6.61 Å². The van der Waals surface area contributed by atoms with Gasteiger partial charge in [0.15, 0.2) is 5.78 Å². The van der Waals surface area contributed by atoms with Crippen LogP contribution in [0.4, 0.5) is 0 Å². The average molecular weight is 571 g/mol. The second-order valence-corrected chi connectivity index (χ2v) is 12.5. The van der Waals surface area contributed by atoms with Gasteiger partial charge in [-0.2, -0.15) is 0 Å². The number of hydrogen-bond acceptors (Lipinski definition) is 2. The summed E-state index contributed by atoms with van der Waals surface area (Å²) in [6, 6.07) is 21.6. The van der Waals surface area contributed by atoms with Crippen LogP contribution in [0.15, 0.2) is 60.7 Å². The number of carbonyl (C=O) groups is 1. The van der Waals surface area contributed by atoms with Crippen LogP contribution in [0, 0.1) is 5.92 Å². The quantitative estimate of drug-likeness (QED) is 0.0837. The van der Waals surface area contributed by atoms with Crippen molar-refractivity contribution in [1.29, 1.82) is 0 Å². The first-order chi connectivity index (χ1) is 20.6. The van der Waals surface area contributed by atoms with Gasteiger partial charge in [-0.25, -0.2) is 0 Å². The van der Waals surface area contributed by atoms with Gasteiger partial charge >= 0.3 is 0 Å². The van der Waals surface area contributed by atoms with Crippen LogP contribution in [0.1, 0.15) is 145 Å². The summed E-state index contributed by atoms with van der Waals surface area (Å²) in [5.41, 5.74) is 3.49. The largest absolute Gasteiger partial charge is 0.494 e. The molecule has 0 spiro atoms. The summed E-state index contributed by atoms with van der Waals surface area (Å²) >= 11 is 0. The molecule has 3 aromatic carbocycles. The molecule has 0 heterocycles. The lowest BCUT2D eigenvalue weighted by Gasteiger charge is -2.11. The Morgan fingerprint density at radius 2 is 1.12 bits per heavy atom. The van der Waals surface area contributed by atoms with Gasteiger partial charge in [-0.1, -0.05) is 159 Å². The zero-order valence-electron chi connectivity index (χ0n) is 27.1. The minimum atomic E-state index is 0.112. The monoisotopic (exact) mass is 570 g/mol. The number of Topliss-reactive ketones (excluding diaryl/α,β-unsaturated/α-hetero) is 1. The third kappa shape index (κ3) is 12.7. The van der Waals surface area contributed by atoms with Crippen molar-refractivity contribution >= 4 is 16.6 Å². The topological polar surface area (TPSA) is 26.3 Å². The third-order valence-corrected chi connectivity index (χ3v) is 8.77. The Labute approximate surface area is 257 Å². The molecule has 230 valence electrons. The lowest BCUT2D eigenvalue weighted by molar-refractivity contribution is 0.0922. The molecule has 0 saturated heterocycles. The minimum absolute atomic E-state index is 0.112. The summed E-state index contributed by atoms with van der Waals surface area (Å²) in [6.07, 6.45) is 22.8. The normalized spacial score (nSPS) is 12.1. The molecule has 2 nitrogen and oxygen atoms in total. The van der Waals surface area contributed by atoms with Crippen LogP contribution < -0.4 is 4.74 Å². The fourth-order valence-corrected chi connectivity index (χ4v) is 5.89. The number of unbranched alkanes of at least 4 members (excludes halogenated alkanes) is 13. The summed E-state index contributed by atoms with van der Waals surface area (Å²) in [7, 11) is 0. The van der Waals surface area contributed by atoms with E-state index in [1.54, 1.807) is 0 Å². The van der Waals surface area contributed by atoms with E-state index >= 15 is 0 Å². The predicted molar refractivity (Wildman–Crippen MR) is 182 cm³/mol. The fraction of sp³-hybridized carbons (Fsp3) is 0.575. The van der Waals surface area contributed by atoms with E-state index in [1.807, 2.05) is 12.1 Å². The summed E-state index contributed by atoms with van der Waals surface area (Å²) in [4.78, 5) is 12.8. The number of carbonyl (C=O) groups excluding carboxylic acids is 1. The zero-order valence-corrected chi connectivity index (χ0v) is 27.1. The van der Waals surface area contributed by atoms with Gasteiger partial charge in [0.2, 0.25) is 0 Å². The molecular weight excluding hydrogens is 512 g/mol. The number of rotatable bonds is 23. The molecule has 0 aliphatic carbocycles. The Hall–Kier alpha value is -2.61. The van der Waals surface area contributed by atoms with Crippen LogP contribution in [-0.4, -0.2) is 12.4 Å². The molecule has 2 heteroatoms. The van der Waals surface area contributed by atoms with Gasteiger partial charge in [-0.05, 0) is 59.7 Å². The van der Waals surface area contributed by atoms with Crippen molar-refractivity contribution in [3.05, 3.63) is 77.4 Å². The highest BCUT2D eigenvalue weighted by Crippen LogP contribution is 2.24. The van der Waals surface area contributed by atoms with E-state index in [1.165, 1.54) is 105 Å². The number of ketones is 1. The zero-order chi connectivity index (χ0) is 29.8. The summed E-state index contributed by atoms with van der Waals surface area (Å²) in [6.45, 7) is 7.40. The van der Waals surface area contributed by atoms with E-state index < -0.39 is 0 Å². The van der Waals surface area contributed by atoms with E-state index in [2.05, 4.69) is 69.3 Å². The van der Waals surface area contributed by atoms with Crippen molar-refractivity contribution < 1.29 is 9.53 Å². The number of ether oxygens (including phenoxy) is 1. The molecule has 0 N–H and O–H groups in total. The van der Waals surface area contributed by atoms with Crippen LogP contribution in [0.25, 0.3) is 10.8 Å². The summed E-state index contributed by atoms with van der Waals surface area (Å²) in [5.74, 6) is 1.38. The Kier molecular flexibility index (Phi) is 16.4. The number of fused-ring (bicyclic) bond motifs is 1. The van der Waals surface area contributed by atoms with Crippen LogP contribution in [0.3, 0.4) is 0 Å². The van der Waals surface area contributed by atoms with Crippen LogP contribution in [0.5, 0.6) is 5.75 Å². The molecule has 0 aliphatic heterocycles. The molecule has 0 radical (unpaired) electrons. The summed E-state index contributed by atoms with van der Waals surface area (Å²) < 4.78 is 6.08. The van der Waals surface area contributed by atoms with E-state index in [0.717, 1.165) is 50.0 Å². The first-order valence-electron chi connectivity index (χ1n) is 17.4. The number of benzene rings is 3. The molecule has 0 amide bonds. The average Bonchev–Trinajstić information content (AvgIpc) is 3.02. The van der Waals surface area contributed by atoms with Gasteiger partial charge in [0.1, 0.15) is 5.75 Å². The molecule has 0 unspecified atom stereocenters. The molecule has 0 aromatic heterocycles. The third-order valence-electron chi connectivity index (χ3n) is 8.77. The van der Waals surface area contributed by atoms with Crippen molar-refractivity contribution in [1.82, 2.24) is 0 Å². The number of hydrogen-bond donors (Lipinski definition) is 0. The lowest BCUT2D eigenvalue weighted by atomic mass is 9.93. The minimum Gasteiger partial charge on any atom is -0.494 e. The molecule has 3 aromatic rings. The van der Waals surface area contributed by atoms with E-state index in [0.29, 0.717) is 0 Å². The molecule has 1 atom stereocenters. The van der Waals surface area contributed by atoms with E-state index in [-0.39, 0.29) is 11.7 Å². The maximum absolute atomic E-state index is 12.8. The van der Waals surface area contributed by atoms with Crippen molar-refractivity contribution in [2.45, 2.75) is 136 Å². The Bertz CT molecular complexity index is 1150. The highest BCUT2D eigenvalue weighted by molar-refractivity contribution is 5.97. The Morgan fingerprint density at radius 3 is 1.79 bits per heavy atom. The maximum Gasteiger partial charge on any atom is 0.165 e. The van der Waals surface area contributed by atoms with Crippen molar-refractivity contribution in [3.8, 4) is 5.75 Å².